The smallest absolute Gasteiger partial charge is 0.311 e. The Labute approximate surface area is 163 Å². The van der Waals surface area contributed by atoms with Crippen LogP contribution in [0.15, 0.2) is 36.4 Å². The molecule has 0 radical (unpaired) electrons. The minimum atomic E-state index is -0.588. The van der Waals surface area contributed by atoms with Crippen LogP contribution < -0.4 is 15.4 Å². The Hall–Kier alpha value is -3.42. The second-order valence-corrected chi connectivity index (χ2v) is 6.50. The van der Waals surface area contributed by atoms with E-state index in [9.17, 15) is 19.7 Å². The molecule has 0 saturated heterocycles. The summed E-state index contributed by atoms with van der Waals surface area (Å²) in [5, 5.41) is 16.7. The van der Waals surface area contributed by atoms with Crippen molar-refractivity contribution in [2.45, 2.75) is 27.7 Å². The van der Waals surface area contributed by atoms with Crippen molar-refractivity contribution < 1.29 is 19.2 Å². The van der Waals surface area contributed by atoms with Crippen molar-refractivity contribution in [2.24, 2.45) is 5.92 Å². The van der Waals surface area contributed by atoms with Crippen LogP contribution in [0.4, 0.5) is 17.1 Å². The van der Waals surface area contributed by atoms with Gasteiger partial charge in [0.25, 0.3) is 5.91 Å². The molecule has 0 aliphatic carbocycles. The lowest BCUT2D eigenvalue weighted by Crippen LogP contribution is -2.18. The average molecular weight is 385 g/mol. The van der Waals surface area contributed by atoms with Gasteiger partial charge in [-0.1, -0.05) is 19.9 Å². The lowest BCUT2D eigenvalue weighted by molar-refractivity contribution is -0.385. The third-order valence-corrected chi connectivity index (χ3v) is 4.00. The van der Waals surface area contributed by atoms with Crippen molar-refractivity contribution in [2.75, 3.05) is 17.2 Å². The number of anilines is 2. The van der Waals surface area contributed by atoms with E-state index in [1.54, 1.807) is 39.0 Å². The van der Waals surface area contributed by atoms with Gasteiger partial charge in [0.2, 0.25) is 5.91 Å². The Kier molecular flexibility index (Phi) is 6.70. The van der Waals surface area contributed by atoms with E-state index in [1.807, 2.05) is 6.92 Å². The van der Waals surface area contributed by atoms with Crippen LogP contribution in [0.5, 0.6) is 5.75 Å². The molecule has 0 aromatic heterocycles. The Morgan fingerprint density at radius 3 is 2.46 bits per heavy atom. The third-order valence-electron chi connectivity index (χ3n) is 4.00. The molecule has 0 bridgehead atoms. The first-order chi connectivity index (χ1) is 13.2. The number of nitro groups is 1. The Morgan fingerprint density at radius 1 is 1.14 bits per heavy atom. The molecule has 2 aromatic rings. The van der Waals surface area contributed by atoms with Crippen LogP contribution in [0.2, 0.25) is 0 Å². The standard InChI is InChI=1S/C20H23N3O5/c1-5-28-18-9-7-14(10-17(18)23(26)27)20(25)22-16-11-15(8-6-13(16)4)21-19(24)12(2)3/h6-12H,5H2,1-4H3,(H,21,24)(H,22,25). The molecule has 0 aliphatic rings. The van der Waals surface area contributed by atoms with Gasteiger partial charge in [-0.05, 0) is 43.7 Å². The number of nitro benzene ring substituents is 1. The fourth-order valence-corrected chi connectivity index (χ4v) is 2.39. The summed E-state index contributed by atoms with van der Waals surface area (Å²) in [5.74, 6) is -0.702. The highest BCUT2D eigenvalue weighted by Gasteiger charge is 2.19. The molecule has 2 amide bonds. The number of aryl methyl sites for hydroxylation is 1. The molecule has 8 nitrogen and oxygen atoms in total. The average Bonchev–Trinajstić information content (AvgIpc) is 2.64. The minimum absolute atomic E-state index is 0.110. The number of nitrogens with zero attached hydrogens (tertiary/aromatic N) is 1. The molecular weight excluding hydrogens is 362 g/mol. The molecule has 0 spiro atoms. The Morgan fingerprint density at radius 2 is 1.86 bits per heavy atom. The number of carbonyl (C=O) groups excluding carboxylic acids is 2. The molecule has 0 saturated carbocycles. The molecule has 8 heteroatoms. The zero-order chi connectivity index (χ0) is 20.8. The third kappa shape index (κ3) is 5.06. The molecule has 0 aliphatic heterocycles. The van der Waals surface area contributed by atoms with Crippen molar-refractivity contribution in [3.05, 3.63) is 57.6 Å². The molecule has 2 N–H and O–H groups in total. The van der Waals surface area contributed by atoms with E-state index < -0.39 is 10.8 Å². The van der Waals surface area contributed by atoms with Gasteiger partial charge in [-0.25, -0.2) is 0 Å². The number of benzene rings is 2. The van der Waals surface area contributed by atoms with E-state index in [0.717, 1.165) is 5.56 Å². The monoisotopic (exact) mass is 385 g/mol. The first-order valence-electron chi connectivity index (χ1n) is 8.87. The zero-order valence-corrected chi connectivity index (χ0v) is 16.2. The highest BCUT2D eigenvalue weighted by Crippen LogP contribution is 2.29. The van der Waals surface area contributed by atoms with Gasteiger partial charge in [0.15, 0.2) is 5.75 Å². The van der Waals surface area contributed by atoms with Crippen LogP contribution in [0, 0.1) is 23.0 Å². The lowest BCUT2D eigenvalue weighted by Gasteiger charge is -2.13. The number of nitrogens with one attached hydrogen (secondary N) is 2. The number of amides is 2. The van der Waals surface area contributed by atoms with Gasteiger partial charge in [0.1, 0.15) is 0 Å². The van der Waals surface area contributed by atoms with Gasteiger partial charge in [0.05, 0.1) is 11.5 Å². The van der Waals surface area contributed by atoms with Crippen molar-refractivity contribution in [3.63, 3.8) is 0 Å². The summed E-state index contributed by atoms with van der Waals surface area (Å²) in [4.78, 5) is 35.1. The van der Waals surface area contributed by atoms with Crippen molar-refractivity contribution in [1.82, 2.24) is 0 Å². The Bertz CT molecular complexity index is 909. The molecule has 0 heterocycles. The summed E-state index contributed by atoms with van der Waals surface area (Å²) in [6.07, 6.45) is 0. The second kappa shape index (κ2) is 8.98. The summed E-state index contributed by atoms with van der Waals surface area (Å²) >= 11 is 0. The maximum Gasteiger partial charge on any atom is 0.311 e. The van der Waals surface area contributed by atoms with Gasteiger partial charge in [0, 0.05) is 28.9 Å². The highest BCUT2D eigenvalue weighted by atomic mass is 16.6. The van der Waals surface area contributed by atoms with Crippen LogP contribution in [-0.4, -0.2) is 23.3 Å². The molecular formula is C20H23N3O5. The van der Waals surface area contributed by atoms with Crippen molar-refractivity contribution in [1.29, 1.82) is 0 Å². The maximum atomic E-state index is 12.6. The quantitative estimate of drug-likeness (QED) is 0.549. The van der Waals surface area contributed by atoms with E-state index in [-0.39, 0.29) is 35.4 Å². The minimum Gasteiger partial charge on any atom is -0.487 e. The topological polar surface area (TPSA) is 111 Å². The number of hydrogen-bond acceptors (Lipinski definition) is 5. The lowest BCUT2D eigenvalue weighted by atomic mass is 10.1. The number of carbonyl (C=O) groups is 2. The summed E-state index contributed by atoms with van der Waals surface area (Å²) in [7, 11) is 0. The van der Waals surface area contributed by atoms with Crippen LogP contribution in [-0.2, 0) is 4.79 Å². The summed E-state index contributed by atoms with van der Waals surface area (Å²) in [6.45, 7) is 7.37. The van der Waals surface area contributed by atoms with E-state index >= 15 is 0 Å². The van der Waals surface area contributed by atoms with Crippen LogP contribution in [0.3, 0.4) is 0 Å². The first-order valence-corrected chi connectivity index (χ1v) is 8.87. The number of hydrogen-bond donors (Lipinski definition) is 2. The molecule has 28 heavy (non-hydrogen) atoms. The second-order valence-electron chi connectivity index (χ2n) is 6.50. The molecule has 0 fully saturated rings. The maximum absolute atomic E-state index is 12.6. The predicted octanol–water partition coefficient (Wildman–Crippen LogP) is 4.15. The Balaban J connectivity index is 2.26. The predicted molar refractivity (Wildman–Crippen MR) is 107 cm³/mol. The van der Waals surface area contributed by atoms with E-state index in [4.69, 9.17) is 4.74 Å². The molecule has 0 unspecified atom stereocenters. The van der Waals surface area contributed by atoms with Gasteiger partial charge in [-0.2, -0.15) is 0 Å². The summed E-state index contributed by atoms with van der Waals surface area (Å²) in [6, 6.07) is 9.21. The van der Waals surface area contributed by atoms with Crippen molar-refractivity contribution in [3.8, 4) is 5.75 Å². The van der Waals surface area contributed by atoms with Crippen molar-refractivity contribution >= 4 is 28.9 Å². The SMILES string of the molecule is CCOc1ccc(C(=O)Nc2cc(NC(=O)C(C)C)ccc2C)cc1[N+](=O)[O-]. The zero-order valence-electron chi connectivity index (χ0n) is 16.2. The molecule has 2 aromatic carbocycles. The van der Waals surface area contributed by atoms with E-state index in [2.05, 4.69) is 10.6 Å². The fourth-order valence-electron chi connectivity index (χ4n) is 2.39. The van der Waals surface area contributed by atoms with Crippen LogP contribution in [0.25, 0.3) is 0 Å². The summed E-state index contributed by atoms with van der Waals surface area (Å²) in [5.41, 5.74) is 1.70. The fraction of sp³-hybridized carbons (Fsp3) is 0.300. The molecule has 148 valence electrons. The first kappa shape index (κ1) is 20.9. The number of ether oxygens (including phenoxy) is 1. The van der Waals surface area contributed by atoms with Gasteiger partial charge in [-0.15, -0.1) is 0 Å². The van der Waals surface area contributed by atoms with Gasteiger partial charge >= 0.3 is 5.69 Å². The summed E-state index contributed by atoms with van der Waals surface area (Å²) < 4.78 is 5.23. The molecule has 2 rings (SSSR count). The number of rotatable bonds is 7. The molecule has 0 atom stereocenters. The van der Waals surface area contributed by atoms with E-state index in [0.29, 0.717) is 11.4 Å². The van der Waals surface area contributed by atoms with Gasteiger partial charge in [-0.3, -0.25) is 19.7 Å². The van der Waals surface area contributed by atoms with E-state index in [1.165, 1.54) is 18.2 Å². The van der Waals surface area contributed by atoms with Crippen LogP contribution in [0.1, 0.15) is 36.7 Å². The van der Waals surface area contributed by atoms with Gasteiger partial charge < -0.3 is 15.4 Å². The van der Waals surface area contributed by atoms with Crippen LogP contribution >= 0.6 is 0 Å². The normalized spacial score (nSPS) is 10.5. The highest BCUT2D eigenvalue weighted by molar-refractivity contribution is 6.05. The largest absolute Gasteiger partial charge is 0.487 e.